The van der Waals surface area contributed by atoms with E-state index >= 15 is 0 Å². The molecule has 0 saturated heterocycles. The number of esters is 3. The number of hydrogen-bond acceptors (Lipinski definition) is 7. The minimum Gasteiger partial charge on any atom is -0.466 e. The first-order chi connectivity index (χ1) is 19.9. The molecule has 0 heterocycles. The molecular formula is C34H38O7. The molecule has 4 rings (SSSR count). The van der Waals surface area contributed by atoms with Crippen LogP contribution in [0.15, 0.2) is 48.5 Å². The third-order valence-electron chi connectivity index (χ3n) is 7.58. The summed E-state index contributed by atoms with van der Waals surface area (Å²) < 4.78 is 16.3. The van der Waals surface area contributed by atoms with Crippen molar-refractivity contribution < 1.29 is 33.4 Å². The zero-order valence-corrected chi connectivity index (χ0v) is 23.9. The Balaban J connectivity index is 1.15. The summed E-state index contributed by atoms with van der Waals surface area (Å²) in [7, 11) is 0. The lowest BCUT2D eigenvalue weighted by molar-refractivity contribution is -0.148. The van der Waals surface area contributed by atoms with Crippen LogP contribution in [0.2, 0.25) is 0 Å². The fraction of sp³-hybridized carbons (Fsp3) is 0.412. The van der Waals surface area contributed by atoms with E-state index in [9.17, 15) is 19.2 Å². The molecule has 0 N–H and O–H groups in total. The normalized spacial score (nSPS) is 12.0. The van der Waals surface area contributed by atoms with Crippen LogP contribution in [0.4, 0.5) is 0 Å². The fourth-order valence-electron chi connectivity index (χ4n) is 5.00. The van der Waals surface area contributed by atoms with Crippen LogP contribution in [-0.2, 0) is 23.9 Å². The maximum Gasteiger partial charge on any atom is 0.311 e. The van der Waals surface area contributed by atoms with Gasteiger partial charge < -0.3 is 14.2 Å². The van der Waals surface area contributed by atoms with Crippen LogP contribution >= 0.6 is 0 Å². The molecule has 0 radical (unpaired) electrons. The number of hydrogen-bond donors (Lipinski definition) is 0. The molecule has 1 unspecified atom stereocenters. The van der Waals surface area contributed by atoms with Crippen LogP contribution < -0.4 is 4.74 Å². The van der Waals surface area contributed by atoms with E-state index in [4.69, 9.17) is 14.2 Å². The van der Waals surface area contributed by atoms with E-state index in [-0.39, 0.29) is 30.2 Å². The Morgan fingerprint density at radius 3 is 1.98 bits per heavy atom. The van der Waals surface area contributed by atoms with E-state index in [0.29, 0.717) is 50.2 Å². The lowest BCUT2D eigenvalue weighted by atomic mass is 9.92. The van der Waals surface area contributed by atoms with Gasteiger partial charge in [0.05, 0.1) is 19.1 Å². The first kappa shape index (κ1) is 30.0. The van der Waals surface area contributed by atoms with Gasteiger partial charge in [0, 0.05) is 29.2 Å². The first-order valence-corrected chi connectivity index (χ1v) is 14.6. The van der Waals surface area contributed by atoms with Crippen molar-refractivity contribution in [3.8, 4) is 5.75 Å². The molecule has 4 aromatic carbocycles. The highest BCUT2D eigenvalue weighted by Gasteiger charge is 2.15. The highest BCUT2D eigenvalue weighted by atomic mass is 16.5. The average Bonchev–Trinajstić information content (AvgIpc) is 2.99. The van der Waals surface area contributed by atoms with Gasteiger partial charge in [0.1, 0.15) is 5.75 Å². The highest BCUT2D eigenvalue weighted by molar-refractivity contribution is 6.26. The molecule has 41 heavy (non-hydrogen) atoms. The van der Waals surface area contributed by atoms with E-state index in [1.807, 2.05) is 62.4 Å². The molecule has 0 saturated carbocycles. The van der Waals surface area contributed by atoms with E-state index in [1.54, 1.807) is 0 Å². The molecule has 216 valence electrons. The van der Waals surface area contributed by atoms with Gasteiger partial charge in [-0.25, -0.2) is 0 Å². The predicted molar refractivity (Wildman–Crippen MR) is 159 cm³/mol. The number of carbonyl (C=O) groups excluding carboxylic acids is 4. The zero-order chi connectivity index (χ0) is 29.2. The van der Waals surface area contributed by atoms with Gasteiger partial charge in [-0.05, 0) is 78.6 Å². The predicted octanol–water partition coefficient (Wildman–Crippen LogP) is 7.56. The first-order valence-electron chi connectivity index (χ1n) is 14.6. The Bertz CT molecular complexity index is 1510. The minimum absolute atomic E-state index is 0.0747. The number of aldehydes is 1. The Labute approximate surface area is 240 Å². The molecule has 0 bridgehead atoms. The standard InChI is InChI=1S/C34H38O7/c1-3-23(2)34(38)40-21-9-4-6-10-30(36)39-20-8-5-7-11-31(37)41-29-19-16-25-14-17-27-26(22-35)13-12-24-15-18-28(29)33(25)32(24)27/h12-19,22-23H,3-11,20-21H2,1-2H3. The summed E-state index contributed by atoms with van der Waals surface area (Å²) in [6.07, 6.45) is 6.56. The third-order valence-corrected chi connectivity index (χ3v) is 7.58. The maximum absolute atomic E-state index is 12.6. The van der Waals surface area contributed by atoms with Crippen LogP contribution in [0.5, 0.6) is 5.75 Å². The molecule has 0 aliphatic rings. The number of benzene rings is 4. The molecule has 7 heteroatoms. The molecule has 0 aliphatic carbocycles. The van der Waals surface area contributed by atoms with Gasteiger partial charge in [0.25, 0.3) is 0 Å². The van der Waals surface area contributed by atoms with Crippen LogP contribution in [0.3, 0.4) is 0 Å². The number of unbranched alkanes of at least 4 members (excludes halogenated alkanes) is 4. The van der Waals surface area contributed by atoms with E-state index in [2.05, 4.69) is 0 Å². The summed E-state index contributed by atoms with van der Waals surface area (Å²) in [4.78, 5) is 47.7. The van der Waals surface area contributed by atoms with Crippen molar-refractivity contribution in [1.82, 2.24) is 0 Å². The summed E-state index contributed by atoms with van der Waals surface area (Å²) in [5.74, 6) is -0.260. The van der Waals surface area contributed by atoms with Gasteiger partial charge >= 0.3 is 17.9 Å². The van der Waals surface area contributed by atoms with Gasteiger partial charge in [-0.1, -0.05) is 50.2 Å². The topological polar surface area (TPSA) is 96.0 Å². The Hall–Kier alpha value is -4.00. The number of carbonyl (C=O) groups is 4. The highest BCUT2D eigenvalue weighted by Crippen LogP contribution is 2.39. The fourth-order valence-corrected chi connectivity index (χ4v) is 5.00. The minimum atomic E-state index is -0.305. The van der Waals surface area contributed by atoms with Crippen LogP contribution in [0, 0.1) is 5.92 Å². The van der Waals surface area contributed by atoms with Crippen LogP contribution in [-0.4, -0.2) is 37.4 Å². The number of rotatable bonds is 16. The van der Waals surface area contributed by atoms with Crippen LogP contribution in [0.25, 0.3) is 32.3 Å². The third kappa shape index (κ3) is 7.60. The number of ether oxygens (including phenoxy) is 3. The van der Waals surface area contributed by atoms with Crippen molar-refractivity contribution in [2.45, 2.75) is 71.6 Å². The molecular weight excluding hydrogens is 520 g/mol. The van der Waals surface area contributed by atoms with Crippen molar-refractivity contribution in [2.24, 2.45) is 5.92 Å². The second-order valence-electron chi connectivity index (χ2n) is 10.6. The van der Waals surface area contributed by atoms with E-state index in [1.165, 1.54) is 0 Å². The molecule has 0 aliphatic heterocycles. The SMILES string of the molecule is CCC(C)C(=O)OCCCCCC(=O)OCCCCCC(=O)Oc1ccc2ccc3c(C=O)ccc4ccc1c2c43. The monoisotopic (exact) mass is 558 g/mol. The molecule has 0 aromatic heterocycles. The quantitative estimate of drug-likeness (QED) is 0.0460. The smallest absolute Gasteiger partial charge is 0.311 e. The summed E-state index contributed by atoms with van der Waals surface area (Å²) in [5, 5.41) is 5.78. The van der Waals surface area contributed by atoms with E-state index in [0.717, 1.165) is 64.3 Å². The maximum atomic E-state index is 12.6. The molecule has 4 aromatic rings. The van der Waals surface area contributed by atoms with Gasteiger partial charge in [-0.2, -0.15) is 0 Å². The summed E-state index contributed by atoms with van der Waals surface area (Å²) in [6.45, 7) is 4.53. The second kappa shape index (κ2) is 14.6. The van der Waals surface area contributed by atoms with Crippen molar-refractivity contribution in [3.05, 3.63) is 54.1 Å². The molecule has 0 amide bonds. The summed E-state index contributed by atoms with van der Waals surface area (Å²) in [5.41, 5.74) is 0.636. The Kier molecular flexibility index (Phi) is 10.7. The van der Waals surface area contributed by atoms with Crippen molar-refractivity contribution in [1.29, 1.82) is 0 Å². The summed E-state index contributed by atoms with van der Waals surface area (Å²) >= 11 is 0. The lowest BCUT2D eigenvalue weighted by Gasteiger charge is -2.14. The van der Waals surface area contributed by atoms with Gasteiger partial charge in [0.2, 0.25) is 0 Å². The Morgan fingerprint density at radius 1 is 0.707 bits per heavy atom. The van der Waals surface area contributed by atoms with Gasteiger partial charge in [0.15, 0.2) is 6.29 Å². The zero-order valence-electron chi connectivity index (χ0n) is 23.9. The van der Waals surface area contributed by atoms with Crippen molar-refractivity contribution in [2.75, 3.05) is 13.2 Å². The largest absolute Gasteiger partial charge is 0.466 e. The van der Waals surface area contributed by atoms with Gasteiger partial charge in [-0.3, -0.25) is 19.2 Å². The van der Waals surface area contributed by atoms with Gasteiger partial charge in [-0.15, -0.1) is 0 Å². The van der Waals surface area contributed by atoms with Crippen molar-refractivity contribution >= 4 is 56.5 Å². The van der Waals surface area contributed by atoms with Crippen LogP contribution in [0.1, 0.15) is 82.0 Å². The lowest BCUT2D eigenvalue weighted by Crippen LogP contribution is -2.14. The summed E-state index contributed by atoms with van der Waals surface area (Å²) in [6, 6.07) is 15.4. The molecule has 1 atom stereocenters. The molecule has 7 nitrogen and oxygen atoms in total. The Morgan fingerprint density at radius 2 is 1.29 bits per heavy atom. The molecule has 0 spiro atoms. The second-order valence-corrected chi connectivity index (χ2v) is 10.6. The molecule has 0 fully saturated rings. The average molecular weight is 559 g/mol. The van der Waals surface area contributed by atoms with Crippen molar-refractivity contribution in [3.63, 3.8) is 0 Å². The van der Waals surface area contributed by atoms with E-state index < -0.39 is 0 Å².